The van der Waals surface area contributed by atoms with Crippen LogP contribution in [-0.4, -0.2) is 34.7 Å². The van der Waals surface area contributed by atoms with Crippen molar-refractivity contribution in [2.45, 2.75) is 19.8 Å². The van der Waals surface area contributed by atoms with E-state index in [0.717, 1.165) is 6.08 Å². The van der Waals surface area contributed by atoms with Crippen LogP contribution in [0.4, 0.5) is 0 Å². The lowest BCUT2D eigenvalue weighted by Crippen LogP contribution is -2.14. The lowest BCUT2D eigenvalue weighted by atomic mass is 9.92. The predicted molar refractivity (Wildman–Crippen MR) is 74.6 cm³/mol. The summed E-state index contributed by atoms with van der Waals surface area (Å²) in [5.41, 5.74) is 0.637. The fourth-order valence-electron chi connectivity index (χ4n) is 2.07. The molecule has 0 aromatic heterocycles. The van der Waals surface area contributed by atoms with E-state index in [0.29, 0.717) is 24.0 Å². The Hall–Kier alpha value is -2.63. The minimum absolute atomic E-state index is 0.0727. The number of ether oxygens (including phenoxy) is 1. The van der Waals surface area contributed by atoms with Crippen LogP contribution in [0.5, 0.6) is 0 Å². The van der Waals surface area contributed by atoms with Gasteiger partial charge in [-0.15, -0.1) is 0 Å². The molecule has 6 heteroatoms. The molecule has 0 aliphatic heterocycles. The van der Waals surface area contributed by atoms with Crippen LogP contribution in [0.2, 0.25) is 0 Å². The monoisotopic (exact) mass is 292 g/mol. The summed E-state index contributed by atoms with van der Waals surface area (Å²) in [6, 6.07) is 2.81. The first-order valence-electron chi connectivity index (χ1n) is 6.32. The maximum Gasteiger partial charge on any atom is 0.336 e. The molecular formula is C15H16O6. The van der Waals surface area contributed by atoms with Crippen molar-refractivity contribution in [2.75, 3.05) is 6.61 Å². The Bertz CT molecular complexity index is 588. The van der Waals surface area contributed by atoms with Crippen LogP contribution in [0.1, 0.15) is 38.8 Å². The fraction of sp³-hybridized carbons (Fsp3) is 0.267. The van der Waals surface area contributed by atoms with Gasteiger partial charge in [0, 0.05) is 12.5 Å². The minimum Gasteiger partial charge on any atom is -0.478 e. The van der Waals surface area contributed by atoms with E-state index in [4.69, 9.17) is 9.84 Å². The van der Waals surface area contributed by atoms with Crippen molar-refractivity contribution < 1.29 is 29.3 Å². The summed E-state index contributed by atoms with van der Waals surface area (Å²) < 4.78 is 4.85. The standard InChI is InChI=1S/C15H16O6/c1-3-10-9(7-8-21-12(16)4-2)5-6-11(14(17)18)13(10)15(19)20/h4-6H,2-3,7-8H2,1H3,(H,17,18)(H,19,20). The Balaban J connectivity index is 3.13. The third-order valence-corrected chi connectivity index (χ3v) is 2.99. The molecule has 21 heavy (non-hydrogen) atoms. The summed E-state index contributed by atoms with van der Waals surface area (Å²) in [5, 5.41) is 18.3. The summed E-state index contributed by atoms with van der Waals surface area (Å²) in [5.74, 6) is -3.13. The number of hydrogen-bond donors (Lipinski definition) is 2. The van der Waals surface area contributed by atoms with E-state index in [9.17, 15) is 19.5 Å². The molecule has 0 fully saturated rings. The van der Waals surface area contributed by atoms with Crippen LogP contribution in [-0.2, 0) is 22.4 Å². The number of esters is 1. The summed E-state index contributed by atoms with van der Waals surface area (Å²) in [6.07, 6.45) is 1.72. The lowest BCUT2D eigenvalue weighted by molar-refractivity contribution is -0.137. The number of rotatable bonds is 7. The predicted octanol–water partition coefficient (Wildman–Crippen LogP) is 1.92. The molecule has 0 bridgehead atoms. The SMILES string of the molecule is C=CC(=O)OCCc1ccc(C(=O)O)c(C(=O)O)c1CC. The first-order valence-corrected chi connectivity index (χ1v) is 6.32. The van der Waals surface area contributed by atoms with Gasteiger partial charge in [-0.05, 0) is 23.6 Å². The summed E-state index contributed by atoms with van der Waals surface area (Å²) in [6.45, 7) is 5.09. The zero-order chi connectivity index (χ0) is 16.0. The summed E-state index contributed by atoms with van der Waals surface area (Å²) in [7, 11) is 0. The third-order valence-electron chi connectivity index (χ3n) is 2.99. The highest BCUT2D eigenvalue weighted by Crippen LogP contribution is 2.21. The van der Waals surface area contributed by atoms with E-state index in [1.807, 2.05) is 0 Å². The Labute approximate surface area is 121 Å². The van der Waals surface area contributed by atoms with E-state index in [2.05, 4.69) is 6.58 Å². The number of carbonyl (C=O) groups excluding carboxylic acids is 1. The van der Waals surface area contributed by atoms with Gasteiger partial charge in [-0.3, -0.25) is 0 Å². The second-order valence-corrected chi connectivity index (χ2v) is 4.21. The number of benzene rings is 1. The van der Waals surface area contributed by atoms with E-state index < -0.39 is 17.9 Å². The highest BCUT2D eigenvalue weighted by Gasteiger charge is 2.21. The van der Waals surface area contributed by atoms with Gasteiger partial charge in [-0.25, -0.2) is 14.4 Å². The maximum atomic E-state index is 11.3. The minimum atomic E-state index is -1.29. The molecule has 0 radical (unpaired) electrons. The Morgan fingerprint density at radius 1 is 1.24 bits per heavy atom. The molecule has 6 nitrogen and oxygen atoms in total. The first-order chi connectivity index (χ1) is 9.92. The molecule has 0 amide bonds. The van der Waals surface area contributed by atoms with Gasteiger partial charge in [-0.2, -0.15) is 0 Å². The van der Waals surface area contributed by atoms with Crippen LogP contribution < -0.4 is 0 Å². The average molecular weight is 292 g/mol. The van der Waals surface area contributed by atoms with Crippen LogP contribution in [0.15, 0.2) is 24.8 Å². The first kappa shape index (κ1) is 16.4. The van der Waals surface area contributed by atoms with E-state index in [1.165, 1.54) is 6.07 Å². The van der Waals surface area contributed by atoms with Crippen LogP contribution >= 0.6 is 0 Å². The highest BCUT2D eigenvalue weighted by molar-refractivity contribution is 6.03. The molecule has 1 aromatic carbocycles. The Kier molecular flexibility index (Phi) is 5.66. The summed E-state index contributed by atoms with van der Waals surface area (Å²) >= 11 is 0. The van der Waals surface area contributed by atoms with Gasteiger partial charge in [0.25, 0.3) is 0 Å². The maximum absolute atomic E-state index is 11.3. The van der Waals surface area contributed by atoms with Crippen molar-refractivity contribution in [3.63, 3.8) is 0 Å². The molecule has 0 saturated heterocycles. The number of carboxylic acid groups (broad SMARTS) is 2. The fourth-order valence-corrected chi connectivity index (χ4v) is 2.07. The second-order valence-electron chi connectivity index (χ2n) is 4.21. The van der Waals surface area contributed by atoms with Gasteiger partial charge in [0.05, 0.1) is 17.7 Å². The molecule has 112 valence electrons. The second kappa shape index (κ2) is 7.23. The third kappa shape index (κ3) is 3.92. The molecule has 0 saturated carbocycles. The normalized spacial score (nSPS) is 9.95. The lowest BCUT2D eigenvalue weighted by Gasteiger charge is -2.13. The van der Waals surface area contributed by atoms with E-state index in [-0.39, 0.29) is 17.7 Å². The van der Waals surface area contributed by atoms with Crippen LogP contribution in [0.3, 0.4) is 0 Å². The molecular weight excluding hydrogens is 276 g/mol. The molecule has 0 aliphatic carbocycles. The molecule has 1 rings (SSSR count). The zero-order valence-corrected chi connectivity index (χ0v) is 11.6. The largest absolute Gasteiger partial charge is 0.478 e. The van der Waals surface area contributed by atoms with Crippen molar-refractivity contribution in [3.8, 4) is 0 Å². The van der Waals surface area contributed by atoms with E-state index >= 15 is 0 Å². The Morgan fingerprint density at radius 3 is 2.38 bits per heavy atom. The molecule has 0 unspecified atom stereocenters. The van der Waals surface area contributed by atoms with Crippen LogP contribution in [0.25, 0.3) is 0 Å². The average Bonchev–Trinajstić information content (AvgIpc) is 2.45. The topological polar surface area (TPSA) is 101 Å². The molecule has 0 aliphatic rings. The van der Waals surface area contributed by atoms with Crippen molar-refractivity contribution in [2.24, 2.45) is 0 Å². The van der Waals surface area contributed by atoms with Crippen molar-refractivity contribution in [1.82, 2.24) is 0 Å². The zero-order valence-electron chi connectivity index (χ0n) is 11.6. The van der Waals surface area contributed by atoms with Crippen molar-refractivity contribution >= 4 is 17.9 Å². The molecule has 1 aromatic rings. The number of carboxylic acids is 2. The van der Waals surface area contributed by atoms with Gasteiger partial charge in [0.2, 0.25) is 0 Å². The Morgan fingerprint density at radius 2 is 1.90 bits per heavy atom. The highest BCUT2D eigenvalue weighted by atomic mass is 16.5. The summed E-state index contributed by atoms with van der Waals surface area (Å²) in [4.78, 5) is 33.4. The number of aromatic carboxylic acids is 2. The number of hydrogen-bond acceptors (Lipinski definition) is 4. The van der Waals surface area contributed by atoms with Crippen molar-refractivity contribution in [1.29, 1.82) is 0 Å². The van der Waals surface area contributed by atoms with Gasteiger partial charge in [0.1, 0.15) is 0 Å². The van der Waals surface area contributed by atoms with Gasteiger partial charge >= 0.3 is 17.9 Å². The smallest absolute Gasteiger partial charge is 0.336 e. The van der Waals surface area contributed by atoms with E-state index in [1.54, 1.807) is 13.0 Å². The van der Waals surface area contributed by atoms with Gasteiger partial charge < -0.3 is 14.9 Å². The molecule has 0 heterocycles. The van der Waals surface area contributed by atoms with Gasteiger partial charge in [0.15, 0.2) is 0 Å². The molecule has 0 spiro atoms. The molecule has 2 N–H and O–H groups in total. The van der Waals surface area contributed by atoms with Crippen molar-refractivity contribution in [3.05, 3.63) is 47.0 Å². The number of carbonyl (C=O) groups is 3. The van der Waals surface area contributed by atoms with Gasteiger partial charge in [-0.1, -0.05) is 19.6 Å². The quantitative estimate of drug-likeness (QED) is 0.588. The van der Waals surface area contributed by atoms with Crippen LogP contribution in [0, 0.1) is 0 Å². The molecule has 0 atom stereocenters.